The highest BCUT2D eigenvalue weighted by atomic mass is 79.9. The van der Waals surface area contributed by atoms with Gasteiger partial charge in [-0.25, -0.2) is 0 Å². The van der Waals surface area contributed by atoms with Gasteiger partial charge in [-0.3, -0.25) is 4.90 Å². The van der Waals surface area contributed by atoms with Crippen LogP contribution in [0.1, 0.15) is 36.6 Å². The fourth-order valence-electron chi connectivity index (χ4n) is 3.43. The Labute approximate surface area is 122 Å². The molecule has 0 radical (unpaired) electrons. The summed E-state index contributed by atoms with van der Waals surface area (Å²) in [7, 11) is 0. The standard InChI is InChI=1S/C14H21BrN2S/c15-12-9-13(18-10-12)14(11-3-1-2-4-11)17-7-5-16-6-8-17/h9-11,14,16H,1-8H2/t14-/m1/s1. The summed E-state index contributed by atoms with van der Waals surface area (Å²) in [5.74, 6) is 0.883. The van der Waals surface area contributed by atoms with E-state index in [2.05, 4.69) is 37.6 Å². The van der Waals surface area contributed by atoms with Crippen LogP contribution < -0.4 is 5.32 Å². The van der Waals surface area contributed by atoms with Crippen LogP contribution in [0.2, 0.25) is 0 Å². The molecule has 2 aliphatic rings. The number of halogens is 1. The molecule has 1 aliphatic heterocycles. The molecule has 0 amide bonds. The van der Waals surface area contributed by atoms with Crippen molar-refractivity contribution in [3.8, 4) is 0 Å². The molecule has 100 valence electrons. The van der Waals surface area contributed by atoms with Gasteiger partial charge < -0.3 is 5.32 Å². The lowest BCUT2D eigenvalue weighted by molar-refractivity contribution is 0.128. The van der Waals surface area contributed by atoms with Gasteiger partial charge in [0, 0.05) is 47.0 Å². The summed E-state index contributed by atoms with van der Waals surface area (Å²) in [4.78, 5) is 4.28. The Kier molecular flexibility index (Phi) is 4.39. The molecule has 0 spiro atoms. The van der Waals surface area contributed by atoms with E-state index in [1.807, 2.05) is 11.3 Å². The molecular weight excluding hydrogens is 308 g/mol. The van der Waals surface area contributed by atoms with Gasteiger partial charge in [0.2, 0.25) is 0 Å². The minimum Gasteiger partial charge on any atom is -0.314 e. The predicted octanol–water partition coefficient (Wildman–Crippen LogP) is 3.65. The van der Waals surface area contributed by atoms with Crippen LogP contribution in [0.4, 0.5) is 0 Å². The molecule has 0 aromatic carbocycles. The highest BCUT2D eigenvalue weighted by Gasteiger charge is 2.32. The Bertz CT molecular complexity index is 381. The minimum absolute atomic E-state index is 0.672. The summed E-state index contributed by atoms with van der Waals surface area (Å²) in [6.07, 6.45) is 5.70. The number of nitrogens with one attached hydrogen (secondary N) is 1. The van der Waals surface area contributed by atoms with Crippen LogP contribution in [-0.2, 0) is 0 Å². The molecule has 2 fully saturated rings. The Hall–Kier alpha value is 0.1000. The molecule has 3 rings (SSSR count). The molecule has 1 N–H and O–H groups in total. The van der Waals surface area contributed by atoms with Crippen molar-refractivity contribution >= 4 is 27.3 Å². The van der Waals surface area contributed by atoms with E-state index in [0.717, 1.165) is 19.0 Å². The van der Waals surface area contributed by atoms with Gasteiger partial charge >= 0.3 is 0 Å². The maximum absolute atomic E-state index is 3.61. The topological polar surface area (TPSA) is 15.3 Å². The number of hydrogen-bond donors (Lipinski definition) is 1. The molecule has 2 heterocycles. The number of rotatable bonds is 3. The van der Waals surface area contributed by atoms with E-state index >= 15 is 0 Å². The van der Waals surface area contributed by atoms with E-state index < -0.39 is 0 Å². The zero-order valence-corrected chi connectivity index (χ0v) is 13.1. The minimum atomic E-state index is 0.672. The fraction of sp³-hybridized carbons (Fsp3) is 0.714. The van der Waals surface area contributed by atoms with Crippen LogP contribution in [0.5, 0.6) is 0 Å². The largest absolute Gasteiger partial charge is 0.314 e. The van der Waals surface area contributed by atoms with Crippen molar-refractivity contribution in [2.75, 3.05) is 26.2 Å². The predicted molar refractivity (Wildman–Crippen MR) is 81.2 cm³/mol. The van der Waals surface area contributed by atoms with Gasteiger partial charge in [-0.05, 0) is 40.8 Å². The third-order valence-corrected chi connectivity index (χ3v) is 6.03. The zero-order valence-electron chi connectivity index (χ0n) is 10.7. The second-order valence-electron chi connectivity index (χ2n) is 5.44. The molecular formula is C14H21BrN2S. The maximum Gasteiger partial charge on any atom is 0.0471 e. The maximum atomic E-state index is 3.61. The number of piperazine rings is 1. The van der Waals surface area contributed by atoms with Crippen molar-refractivity contribution in [3.63, 3.8) is 0 Å². The first kappa shape index (κ1) is 13.1. The number of nitrogens with zero attached hydrogens (tertiary/aromatic N) is 1. The van der Waals surface area contributed by atoms with Crippen LogP contribution in [0, 0.1) is 5.92 Å². The molecule has 0 unspecified atom stereocenters. The lowest BCUT2D eigenvalue weighted by Crippen LogP contribution is -2.46. The summed E-state index contributed by atoms with van der Waals surface area (Å²) >= 11 is 5.54. The summed E-state index contributed by atoms with van der Waals surface area (Å²) in [6.45, 7) is 4.71. The van der Waals surface area contributed by atoms with Crippen molar-refractivity contribution in [1.82, 2.24) is 10.2 Å². The Balaban J connectivity index is 1.82. The van der Waals surface area contributed by atoms with Crippen molar-refractivity contribution in [2.24, 2.45) is 5.92 Å². The van der Waals surface area contributed by atoms with Gasteiger partial charge in [0.05, 0.1) is 0 Å². The highest BCUT2D eigenvalue weighted by molar-refractivity contribution is 9.10. The summed E-state index contributed by atoms with van der Waals surface area (Å²) in [5.41, 5.74) is 0. The molecule has 0 bridgehead atoms. The second kappa shape index (κ2) is 6.04. The molecule has 1 aromatic heterocycles. The van der Waals surface area contributed by atoms with Crippen LogP contribution in [0.15, 0.2) is 15.9 Å². The normalized spacial score (nSPS) is 24.5. The first-order valence-electron chi connectivity index (χ1n) is 7.03. The lowest BCUT2D eigenvalue weighted by atomic mass is 9.94. The molecule has 1 atom stereocenters. The van der Waals surface area contributed by atoms with E-state index in [9.17, 15) is 0 Å². The van der Waals surface area contributed by atoms with Crippen LogP contribution in [0.25, 0.3) is 0 Å². The SMILES string of the molecule is Brc1csc([C@@H](C2CCCC2)N2CCNCC2)c1. The molecule has 1 saturated heterocycles. The van der Waals surface area contributed by atoms with Crippen LogP contribution in [-0.4, -0.2) is 31.1 Å². The third kappa shape index (κ3) is 2.82. The van der Waals surface area contributed by atoms with Gasteiger partial charge in [-0.15, -0.1) is 11.3 Å². The van der Waals surface area contributed by atoms with Gasteiger partial charge in [0.15, 0.2) is 0 Å². The quantitative estimate of drug-likeness (QED) is 0.911. The van der Waals surface area contributed by atoms with Crippen LogP contribution >= 0.6 is 27.3 Å². The molecule has 1 aromatic rings. The van der Waals surface area contributed by atoms with Gasteiger partial charge in [-0.1, -0.05) is 12.8 Å². The van der Waals surface area contributed by atoms with Crippen molar-refractivity contribution in [3.05, 3.63) is 20.8 Å². The average Bonchev–Trinajstić information content (AvgIpc) is 3.04. The first-order chi connectivity index (χ1) is 8.84. The first-order valence-corrected chi connectivity index (χ1v) is 8.70. The second-order valence-corrected chi connectivity index (χ2v) is 7.30. The van der Waals surface area contributed by atoms with Gasteiger partial charge in [-0.2, -0.15) is 0 Å². The molecule has 4 heteroatoms. The summed E-state index contributed by atoms with van der Waals surface area (Å²) < 4.78 is 1.25. The molecule has 1 saturated carbocycles. The third-order valence-electron chi connectivity index (χ3n) is 4.27. The average molecular weight is 329 g/mol. The monoisotopic (exact) mass is 328 g/mol. The van der Waals surface area contributed by atoms with E-state index in [1.165, 1.54) is 43.2 Å². The Morgan fingerprint density at radius 1 is 1.28 bits per heavy atom. The summed E-state index contributed by atoms with van der Waals surface area (Å²) in [6, 6.07) is 3.02. The Morgan fingerprint density at radius 2 is 2.00 bits per heavy atom. The smallest absolute Gasteiger partial charge is 0.0471 e. The van der Waals surface area contributed by atoms with Crippen molar-refractivity contribution in [2.45, 2.75) is 31.7 Å². The Morgan fingerprint density at radius 3 is 2.61 bits per heavy atom. The molecule has 18 heavy (non-hydrogen) atoms. The van der Waals surface area contributed by atoms with Gasteiger partial charge in [0.25, 0.3) is 0 Å². The van der Waals surface area contributed by atoms with Crippen molar-refractivity contribution in [1.29, 1.82) is 0 Å². The number of thiophene rings is 1. The van der Waals surface area contributed by atoms with E-state index in [4.69, 9.17) is 0 Å². The zero-order chi connectivity index (χ0) is 12.4. The number of hydrogen-bond acceptors (Lipinski definition) is 3. The van der Waals surface area contributed by atoms with Crippen molar-refractivity contribution < 1.29 is 0 Å². The van der Waals surface area contributed by atoms with E-state index in [-0.39, 0.29) is 0 Å². The highest BCUT2D eigenvalue weighted by Crippen LogP contribution is 2.42. The van der Waals surface area contributed by atoms with E-state index in [0.29, 0.717) is 6.04 Å². The fourth-order valence-corrected chi connectivity index (χ4v) is 5.10. The molecule has 2 nitrogen and oxygen atoms in total. The van der Waals surface area contributed by atoms with Crippen LogP contribution in [0.3, 0.4) is 0 Å². The molecule has 1 aliphatic carbocycles. The lowest BCUT2D eigenvalue weighted by Gasteiger charge is -2.37. The summed E-state index contributed by atoms with van der Waals surface area (Å²) in [5, 5.41) is 5.70. The van der Waals surface area contributed by atoms with E-state index in [1.54, 1.807) is 4.88 Å². The van der Waals surface area contributed by atoms with Gasteiger partial charge in [0.1, 0.15) is 0 Å².